The van der Waals surface area contributed by atoms with Gasteiger partial charge in [-0.1, -0.05) is 38.3 Å². The van der Waals surface area contributed by atoms with E-state index in [0.29, 0.717) is 6.42 Å². The molecule has 0 bridgehead atoms. The van der Waals surface area contributed by atoms with Gasteiger partial charge in [0, 0.05) is 6.42 Å². The fourth-order valence-corrected chi connectivity index (χ4v) is 1.42. The lowest BCUT2D eigenvalue weighted by Crippen LogP contribution is -2.01. The molecule has 1 aliphatic heterocycles. The van der Waals surface area contributed by atoms with Crippen molar-refractivity contribution < 1.29 is 9.53 Å². The molecule has 0 saturated heterocycles. The predicted octanol–water partition coefficient (Wildman–Crippen LogP) is 3.34. The quantitative estimate of drug-likeness (QED) is 0.495. The number of carbonyl (C=O) groups is 1. The van der Waals surface area contributed by atoms with E-state index in [9.17, 15) is 4.79 Å². The van der Waals surface area contributed by atoms with E-state index >= 15 is 0 Å². The van der Waals surface area contributed by atoms with Crippen LogP contribution in [0.1, 0.15) is 45.4 Å². The third-order valence-corrected chi connectivity index (χ3v) is 2.22. The van der Waals surface area contributed by atoms with Crippen LogP contribution in [0.4, 0.5) is 0 Å². The summed E-state index contributed by atoms with van der Waals surface area (Å²) < 4.78 is 5.15. The van der Waals surface area contributed by atoms with Crippen molar-refractivity contribution >= 4 is 5.97 Å². The zero-order chi connectivity index (χ0) is 10.2. The van der Waals surface area contributed by atoms with E-state index in [1.165, 1.54) is 19.3 Å². The normalized spacial score (nSPS) is 16.1. The summed E-state index contributed by atoms with van der Waals surface area (Å²) in [6.07, 6.45) is 11.7. The number of cyclic esters (lactones) is 1. The molecule has 0 aromatic heterocycles. The van der Waals surface area contributed by atoms with Gasteiger partial charge in [-0.05, 0) is 12.5 Å². The Balaban J connectivity index is 2.25. The smallest absolute Gasteiger partial charge is 0.314 e. The topological polar surface area (TPSA) is 26.3 Å². The maximum Gasteiger partial charge on any atom is 0.314 e. The van der Waals surface area contributed by atoms with E-state index < -0.39 is 0 Å². The molecule has 0 amide bonds. The van der Waals surface area contributed by atoms with Crippen LogP contribution in [0.5, 0.6) is 0 Å². The molecule has 1 rings (SSSR count). The lowest BCUT2D eigenvalue weighted by Gasteiger charge is -2.05. The third-order valence-electron chi connectivity index (χ3n) is 2.22. The maximum atomic E-state index is 11.1. The molecule has 0 N–H and O–H groups in total. The van der Waals surface area contributed by atoms with Crippen LogP contribution in [-0.4, -0.2) is 5.97 Å². The average Bonchev–Trinajstić information content (AvgIpc) is 2.38. The van der Waals surface area contributed by atoms with E-state index in [1.54, 1.807) is 0 Å². The molecule has 2 nitrogen and oxygen atoms in total. The molecule has 2 heteroatoms. The molecule has 0 aromatic rings. The molecule has 0 radical (unpaired) electrons. The summed E-state index contributed by atoms with van der Waals surface area (Å²) >= 11 is 0. The molecular weight excluding hydrogens is 176 g/mol. The first-order valence-corrected chi connectivity index (χ1v) is 5.39. The second kappa shape index (κ2) is 6.41. The van der Waals surface area contributed by atoms with Crippen LogP contribution in [0.2, 0.25) is 0 Å². The zero-order valence-corrected chi connectivity index (χ0v) is 8.79. The highest BCUT2D eigenvalue weighted by atomic mass is 16.5. The summed E-state index contributed by atoms with van der Waals surface area (Å²) in [6.45, 7) is 2.19. The van der Waals surface area contributed by atoms with Crippen LogP contribution >= 0.6 is 0 Å². The molecule has 0 spiro atoms. The van der Waals surface area contributed by atoms with Gasteiger partial charge in [0.2, 0.25) is 0 Å². The number of carbonyl (C=O) groups excluding carboxylic acids is 1. The summed E-state index contributed by atoms with van der Waals surface area (Å²) in [5.74, 6) is 0.681. The first kappa shape index (κ1) is 11.0. The lowest BCUT2D eigenvalue weighted by molar-refractivity contribution is -0.138. The molecule has 14 heavy (non-hydrogen) atoms. The Bertz CT molecular complexity index is 239. The van der Waals surface area contributed by atoms with Gasteiger partial charge in [-0.15, -0.1) is 0 Å². The Morgan fingerprint density at radius 2 is 2.21 bits per heavy atom. The zero-order valence-electron chi connectivity index (χ0n) is 8.79. The molecule has 1 heterocycles. The molecule has 0 aliphatic carbocycles. The van der Waals surface area contributed by atoms with Gasteiger partial charge in [0.25, 0.3) is 0 Å². The second-order valence-electron chi connectivity index (χ2n) is 3.55. The molecule has 0 unspecified atom stereocenters. The van der Waals surface area contributed by atoms with Crippen LogP contribution < -0.4 is 0 Å². The summed E-state index contributed by atoms with van der Waals surface area (Å²) in [5, 5.41) is 0. The van der Waals surface area contributed by atoms with Crippen molar-refractivity contribution in [1.29, 1.82) is 0 Å². The Morgan fingerprint density at radius 3 is 3.00 bits per heavy atom. The Kier molecular flexibility index (Phi) is 5.05. The maximum absolute atomic E-state index is 11.1. The Morgan fingerprint density at radius 1 is 1.36 bits per heavy atom. The van der Waals surface area contributed by atoms with Gasteiger partial charge < -0.3 is 4.74 Å². The van der Waals surface area contributed by atoms with E-state index in [1.807, 2.05) is 18.2 Å². The minimum atomic E-state index is -0.138. The molecule has 0 atom stereocenters. The van der Waals surface area contributed by atoms with Gasteiger partial charge in [-0.25, -0.2) is 0 Å². The van der Waals surface area contributed by atoms with Crippen molar-refractivity contribution in [3.63, 3.8) is 0 Å². The van der Waals surface area contributed by atoms with Crippen molar-refractivity contribution in [1.82, 2.24) is 0 Å². The summed E-state index contributed by atoms with van der Waals surface area (Å²) in [7, 11) is 0. The lowest BCUT2D eigenvalue weighted by atomic mass is 10.1. The van der Waals surface area contributed by atoms with Crippen LogP contribution in [0, 0.1) is 0 Å². The fourth-order valence-electron chi connectivity index (χ4n) is 1.42. The molecule has 0 fully saturated rings. The second-order valence-corrected chi connectivity index (χ2v) is 3.55. The highest BCUT2D eigenvalue weighted by Gasteiger charge is 2.07. The molecule has 0 aromatic carbocycles. The van der Waals surface area contributed by atoms with E-state index in [0.717, 1.165) is 18.6 Å². The number of esters is 1. The number of allylic oxidation sites excluding steroid dienone is 3. The first-order chi connectivity index (χ1) is 6.83. The van der Waals surface area contributed by atoms with E-state index in [-0.39, 0.29) is 5.97 Å². The molecular formula is C12H18O2. The summed E-state index contributed by atoms with van der Waals surface area (Å²) in [4.78, 5) is 11.1. The standard InChI is InChI=1S/C12H18O2/c1-2-3-4-5-8-11-9-6-7-10-12(13)14-11/h6-7,9H,2-5,8,10H2,1H3. The van der Waals surface area contributed by atoms with Crippen molar-refractivity contribution in [3.8, 4) is 0 Å². The Labute approximate surface area is 85.6 Å². The van der Waals surface area contributed by atoms with Gasteiger partial charge in [-0.3, -0.25) is 4.79 Å². The number of ether oxygens (including phenoxy) is 1. The monoisotopic (exact) mass is 194 g/mol. The van der Waals surface area contributed by atoms with Crippen LogP contribution in [0.25, 0.3) is 0 Å². The fraction of sp³-hybridized carbons (Fsp3) is 0.583. The van der Waals surface area contributed by atoms with Crippen LogP contribution in [-0.2, 0) is 9.53 Å². The van der Waals surface area contributed by atoms with Crippen molar-refractivity contribution in [3.05, 3.63) is 24.0 Å². The van der Waals surface area contributed by atoms with Crippen molar-refractivity contribution in [2.24, 2.45) is 0 Å². The molecule has 0 saturated carbocycles. The predicted molar refractivity (Wildman–Crippen MR) is 56.7 cm³/mol. The van der Waals surface area contributed by atoms with Crippen LogP contribution in [0.3, 0.4) is 0 Å². The molecule has 78 valence electrons. The number of hydrogen-bond donors (Lipinski definition) is 0. The van der Waals surface area contributed by atoms with Crippen molar-refractivity contribution in [2.75, 3.05) is 0 Å². The Hall–Kier alpha value is -1.05. The number of rotatable bonds is 5. The first-order valence-electron chi connectivity index (χ1n) is 5.39. The highest BCUT2D eigenvalue weighted by molar-refractivity contribution is 5.73. The van der Waals surface area contributed by atoms with Gasteiger partial charge in [0.05, 0.1) is 6.42 Å². The summed E-state index contributed by atoms with van der Waals surface area (Å²) in [5.41, 5.74) is 0. The van der Waals surface area contributed by atoms with Crippen LogP contribution in [0.15, 0.2) is 24.0 Å². The van der Waals surface area contributed by atoms with Crippen molar-refractivity contribution in [2.45, 2.75) is 45.4 Å². The van der Waals surface area contributed by atoms with Gasteiger partial charge in [0.1, 0.15) is 5.76 Å². The van der Waals surface area contributed by atoms with E-state index in [4.69, 9.17) is 4.74 Å². The summed E-state index contributed by atoms with van der Waals surface area (Å²) in [6, 6.07) is 0. The van der Waals surface area contributed by atoms with Gasteiger partial charge in [-0.2, -0.15) is 0 Å². The third kappa shape index (κ3) is 4.26. The minimum Gasteiger partial charge on any atom is -0.431 e. The number of unbranched alkanes of at least 4 members (excludes halogenated alkanes) is 3. The SMILES string of the molecule is CCCCCCC1=CC=CCC(=O)O1. The largest absolute Gasteiger partial charge is 0.431 e. The van der Waals surface area contributed by atoms with Gasteiger partial charge >= 0.3 is 5.97 Å². The van der Waals surface area contributed by atoms with Gasteiger partial charge in [0.15, 0.2) is 0 Å². The highest BCUT2D eigenvalue weighted by Crippen LogP contribution is 2.14. The molecule has 1 aliphatic rings. The average molecular weight is 194 g/mol. The van der Waals surface area contributed by atoms with E-state index in [2.05, 4.69) is 6.92 Å². The number of hydrogen-bond acceptors (Lipinski definition) is 2. The minimum absolute atomic E-state index is 0.138.